The van der Waals surface area contributed by atoms with Gasteiger partial charge in [-0.15, -0.1) is 0 Å². The molecule has 0 spiro atoms. The van der Waals surface area contributed by atoms with Crippen LogP contribution in [0.25, 0.3) is 0 Å². The molecule has 0 saturated heterocycles. The molecule has 2 atom stereocenters. The second-order valence-electron chi connectivity index (χ2n) is 6.34. The van der Waals surface area contributed by atoms with Gasteiger partial charge < -0.3 is 5.32 Å². The van der Waals surface area contributed by atoms with Crippen LogP contribution >= 0.6 is 11.6 Å². The maximum Gasteiger partial charge on any atom is 0.227 e. The van der Waals surface area contributed by atoms with E-state index >= 15 is 0 Å². The summed E-state index contributed by atoms with van der Waals surface area (Å²) in [5.74, 6) is 0.591. The van der Waals surface area contributed by atoms with E-state index in [1.807, 2.05) is 19.1 Å². The van der Waals surface area contributed by atoms with Crippen LogP contribution in [0.3, 0.4) is 0 Å². The second-order valence-corrected chi connectivity index (χ2v) is 6.78. The van der Waals surface area contributed by atoms with E-state index in [4.69, 9.17) is 11.6 Å². The van der Waals surface area contributed by atoms with Gasteiger partial charge in [-0.3, -0.25) is 9.59 Å². The predicted octanol–water partition coefficient (Wildman–Crippen LogP) is 3.98. The average Bonchev–Trinajstić information content (AvgIpc) is 2.42. The Morgan fingerprint density at radius 2 is 1.90 bits per heavy atom. The molecule has 2 bridgehead atoms. The van der Waals surface area contributed by atoms with Crippen LogP contribution in [0.2, 0.25) is 5.02 Å². The quantitative estimate of drug-likeness (QED) is 0.898. The topological polar surface area (TPSA) is 46.2 Å². The third kappa shape index (κ3) is 2.98. The molecule has 0 radical (unpaired) electrons. The molecule has 112 valence electrons. The van der Waals surface area contributed by atoms with Crippen LogP contribution in [0.4, 0.5) is 5.69 Å². The molecule has 2 aliphatic rings. The summed E-state index contributed by atoms with van der Waals surface area (Å²) < 4.78 is 0. The first-order valence-corrected chi connectivity index (χ1v) is 8.03. The van der Waals surface area contributed by atoms with Gasteiger partial charge in [-0.05, 0) is 50.3 Å². The van der Waals surface area contributed by atoms with E-state index in [1.165, 1.54) is 0 Å². The van der Waals surface area contributed by atoms with E-state index < -0.39 is 0 Å². The Balaban J connectivity index is 1.71. The maximum atomic E-state index is 12.5. The van der Waals surface area contributed by atoms with E-state index in [0.29, 0.717) is 23.6 Å². The van der Waals surface area contributed by atoms with Gasteiger partial charge in [-0.25, -0.2) is 0 Å². The zero-order valence-electron chi connectivity index (χ0n) is 12.2. The zero-order chi connectivity index (χ0) is 15.0. The highest BCUT2D eigenvalue weighted by molar-refractivity contribution is 6.31. The molecule has 21 heavy (non-hydrogen) atoms. The van der Waals surface area contributed by atoms with Gasteiger partial charge in [0.25, 0.3) is 0 Å². The summed E-state index contributed by atoms with van der Waals surface area (Å²) in [6, 6.07) is 5.50. The Bertz CT molecular complexity index is 568. The number of fused-ring (bicyclic) bond motifs is 2. The molecule has 4 heteroatoms. The summed E-state index contributed by atoms with van der Waals surface area (Å²) in [4.78, 5) is 24.6. The van der Waals surface area contributed by atoms with Gasteiger partial charge >= 0.3 is 0 Å². The maximum absolute atomic E-state index is 12.5. The van der Waals surface area contributed by atoms with Gasteiger partial charge in [-0.2, -0.15) is 0 Å². The number of hydrogen-bond acceptors (Lipinski definition) is 2. The van der Waals surface area contributed by atoms with E-state index in [1.54, 1.807) is 6.07 Å². The highest BCUT2D eigenvalue weighted by atomic mass is 35.5. The number of carbonyl (C=O) groups is 2. The Labute approximate surface area is 130 Å². The summed E-state index contributed by atoms with van der Waals surface area (Å²) in [5, 5.41) is 3.61. The summed E-state index contributed by atoms with van der Waals surface area (Å²) >= 11 is 5.99. The number of Topliss-reactive ketones (excluding diaryl/α,β-unsaturated/α-hetero) is 1. The number of benzene rings is 1. The van der Waals surface area contributed by atoms with Crippen LogP contribution in [0.5, 0.6) is 0 Å². The molecule has 2 fully saturated rings. The summed E-state index contributed by atoms with van der Waals surface area (Å²) in [6.07, 6.45) is 4.45. The lowest BCUT2D eigenvalue weighted by Gasteiger charge is -2.37. The van der Waals surface area contributed by atoms with Crippen molar-refractivity contribution in [2.45, 2.75) is 39.0 Å². The van der Waals surface area contributed by atoms with Crippen molar-refractivity contribution in [2.24, 2.45) is 17.8 Å². The first-order valence-electron chi connectivity index (χ1n) is 7.65. The first-order chi connectivity index (χ1) is 10.0. The van der Waals surface area contributed by atoms with Crippen LogP contribution in [-0.2, 0) is 9.59 Å². The summed E-state index contributed by atoms with van der Waals surface area (Å²) in [6.45, 7) is 1.95. The first kappa shape index (κ1) is 14.6. The average molecular weight is 306 g/mol. The van der Waals surface area contributed by atoms with E-state index in [9.17, 15) is 9.59 Å². The molecule has 0 heterocycles. The fourth-order valence-corrected chi connectivity index (χ4v) is 3.83. The van der Waals surface area contributed by atoms with E-state index in [0.717, 1.165) is 30.5 Å². The van der Waals surface area contributed by atoms with E-state index in [2.05, 4.69) is 5.32 Å². The minimum Gasteiger partial charge on any atom is -0.326 e. The summed E-state index contributed by atoms with van der Waals surface area (Å²) in [7, 11) is 0. The molecule has 0 aromatic heterocycles. The highest BCUT2D eigenvalue weighted by Gasteiger charge is 2.41. The van der Waals surface area contributed by atoms with Crippen molar-refractivity contribution >= 4 is 29.0 Å². The molecular formula is C17H20ClNO2. The Hall–Kier alpha value is -1.35. The lowest BCUT2D eigenvalue weighted by molar-refractivity contribution is -0.136. The minimum atomic E-state index is -0.0450. The molecule has 3 nitrogen and oxygen atoms in total. The molecular weight excluding hydrogens is 286 g/mol. The molecule has 1 aromatic carbocycles. The standard InChI is InChI=1S/C17H20ClNO2/c1-10-5-6-14(18)9-15(10)19-17(21)13-7-11-3-2-4-12(8-13)16(11)20/h5-6,9,11-13H,2-4,7-8H2,1H3,(H,19,21)/t11-,12-/m0/s1. The van der Waals surface area contributed by atoms with Gasteiger partial charge in [-0.1, -0.05) is 24.1 Å². The number of nitrogens with one attached hydrogen (secondary N) is 1. The van der Waals surface area contributed by atoms with Crippen molar-refractivity contribution < 1.29 is 9.59 Å². The predicted molar refractivity (Wildman–Crippen MR) is 83.4 cm³/mol. The lowest BCUT2D eigenvalue weighted by atomic mass is 9.67. The molecule has 1 amide bonds. The number of hydrogen-bond donors (Lipinski definition) is 1. The van der Waals surface area contributed by atoms with Gasteiger partial charge in [0.2, 0.25) is 5.91 Å². The third-order valence-electron chi connectivity index (χ3n) is 4.88. The van der Waals surface area contributed by atoms with Crippen molar-refractivity contribution in [2.75, 3.05) is 5.32 Å². The van der Waals surface area contributed by atoms with Gasteiger partial charge in [0.1, 0.15) is 5.78 Å². The van der Waals surface area contributed by atoms with Crippen molar-refractivity contribution in [3.8, 4) is 0 Å². The third-order valence-corrected chi connectivity index (χ3v) is 5.11. The van der Waals surface area contributed by atoms with Crippen molar-refractivity contribution in [3.05, 3.63) is 28.8 Å². The van der Waals surface area contributed by atoms with Crippen LogP contribution in [-0.4, -0.2) is 11.7 Å². The van der Waals surface area contributed by atoms with Crippen LogP contribution in [0.1, 0.15) is 37.7 Å². The molecule has 1 aromatic rings. The SMILES string of the molecule is Cc1ccc(Cl)cc1NC(=O)C1C[C@@H]2CCC[C@@H](C1)C2=O. The van der Waals surface area contributed by atoms with Crippen molar-refractivity contribution in [1.29, 1.82) is 0 Å². The van der Waals surface area contributed by atoms with E-state index in [-0.39, 0.29) is 23.7 Å². The van der Waals surface area contributed by atoms with Gasteiger partial charge in [0.15, 0.2) is 0 Å². The summed E-state index contributed by atoms with van der Waals surface area (Å²) in [5.41, 5.74) is 1.77. The number of aryl methyl sites for hydroxylation is 1. The monoisotopic (exact) mass is 305 g/mol. The van der Waals surface area contributed by atoms with Crippen LogP contribution in [0, 0.1) is 24.7 Å². The normalized spacial score (nSPS) is 28.3. The zero-order valence-corrected chi connectivity index (χ0v) is 13.0. The van der Waals surface area contributed by atoms with Gasteiger partial charge in [0, 0.05) is 28.5 Å². The molecule has 2 saturated carbocycles. The van der Waals surface area contributed by atoms with Crippen LogP contribution < -0.4 is 5.32 Å². The lowest BCUT2D eigenvalue weighted by Crippen LogP contribution is -2.40. The van der Waals surface area contributed by atoms with Crippen molar-refractivity contribution in [1.82, 2.24) is 0 Å². The Morgan fingerprint density at radius 1 is 1.24 bits per heavy atom. The molecule has 2 aliphatic carbocycles. The Morgan fingerprint density at radius 3 is 2.57 bits per heavy atom. The number of rotatable bonds is 2. The fourth-order valence-electron chi connectivity index (χ4n) is 3.66. The number of halogens is 1. The number of anilines is 1. The van der Waals surface area contributed by atoms with Crippen LogP contribution in [0.15, 0.2) is 18.2 Å². The largest absolute Gasteiger partial charge is 0.326 e. The molecule has 0 unspecified atom stereocenters. The molecule has 0 aliphatic heterocycles. The Kier molecular flexibility index (Phi) is 4.03. The number of carbonyl (C=O) groups excluding carboxylic acids is 2. The highest BCUT2D eigenvalue weighted by Crippen LogP contribution is 2.40. The smallest absolute Gasteiger partial charge is 0.227 e. The fraction of sp³-hybridized carbons (Fsp3) is 0.529. The van der Waals surface area contributed by atoms with Gasteiger partial charge in [0.05, 0.1) is 0 Å². The minimum absolute atomic E-state index is 0.0322. The molecule has 1 N–H and O–H groups in total. The number of amides is 1. The van der Waals surface area contributed by atoms with Crippen molar-refractivity contribution in [3.63, 3.8) is 0 Å². The molecule has 3 rings (SSSR count). The number of ketones is 1. The second kappa shape index (κ2) is 5.80.